The van der Waals surface area contributed by atoms with E-state index in [-0.39, 0.29) is 18.8 Å². The average Bonchev–Trinajstić information content (AvgIpc) is 2.64. The van der Waals surface area contributed by atoms with Crippen LogP contribution in [0.4, 0.5) is 4.79 Å². The Labute approximate surface area is 110 Å². The standard InChI is InChI=1S/C12H14BNO5/c1-7-6-17-13-11-8(3-2-4-9(11)18-7)10(19-13)5-14-12(15)16/h2-4,7,10,14H,5-6H2,1H3,(H,15,16). The fourth-order valence-corrected chi connectivity index (χ4v) is 2.42. The molecule has 3 rings (SSSR count). The largest absolute Gasteiger partial charge is 0.498 e. The smallest absolute Gasteiger partial charge is 0.489 e. The Morgan fingerprint density at radius 3 is 3.21 bits per heavy atom. The maximum Gasteiger partial charge on any atom is 0.498 e. The van der Waals surface area contributed by atoms with E-state index in [2.05, 4.69) is 5.32 Å². The number of hydrogen-bond donors (Lipinski definition) is 2. The van der Waals surface area contributed by atoms with Gasteiger partial charge in [0, 0.05) is 12.0 Å². The second-order valence-electron chi connectivity index (χ2n) is 4.66. The number of carboxylic acid groups (broad SMARTS) is 1. The molecule has 0 saturated heterocycles. The lowest BCUT2D eigenvalue weighted by Gasteiger charge is -2.16. The Bertz CT molecular complexity index is 509. The first-order valence-electron chi connectivity index (χ1n) is 6.18. The van der Waals surface area contributed by atoms with Crippen molar-refractivity contribution in [3.8, 4) is 5.75 Å². The molecule has 1 aromatic rings. The average molecular weight is 263 g/mol. The third kappa shape index (κ3) is 2.26. The quantitative estimate of drug-likeness (QED) is 0.760. The number of nitrogens with one attached hydrogen (secondary N) is 1. The zero-order chi connectivity index (χ0) is 13.4. The summed E-state index contributed by atoms with van der Waals surface area (Å²) in [5.41, 5.74) is 1.80. The van der Waals surface area contributed by atoms with Crippen molar-refractivity contribution in [2.75, 3.05) is 13.2 Å². The number of amides is 1. The highest BCUT2D eigenvalue weighted by Crippen LogP contribution is 2.30. The Morgan fingerprint density at radius 2 is 2.42 bits per heavy atom. The molecule has 0 saturated carbocycles. The summed E-state index contributed by atoms with van der Waals surface area (Å²) in [6.07, 6.45) is -1.44. The van der Waals surface area contributed by atoms with Crippen LogP contribution >= 0.6 is 0 Å². The Balaban J connectivity index is 1.90. The third-order valence-electron chi connectivity index (χ3n) is 3.22. The van der Waals surface area contributed by atoms with Crippen LogP contribution in [0.1, 0.15) is 18.6 Å². The van der Waals surface area contributed by atoms with Gasteiger partial charge in [0.25, 0.3) is 0 Å². The highest BCUT2D eigenvalue weighted by atomic mass is 16.6. The van der Waals surface area contributed by atoms with Gasteiger partial charge in [0.15, 0.2) is 0 Å². The fraction of sp³-hybridized carbons (Fsp3) is 0.417. The summed E-state index contributed by atoms with van der Waals surface area (Å²) in [6.45, 7) is 2.57. The van der Waals surface area contributed by atoms with Gasteiger partial charge in [0.2, 0.25) is 0 Å². The van der Waals surface area contributed by atoms with Gasteiger partial charge in [-0.1, -0.05) is 12.1 Å². The fourth-order valence-electron chi connectivity index (χ4n) is 2.42. The second kappa shape index (κ2) is 4.75. The van der Waals surface area contributed by atoms with Gasteiger partial charge in [-0.2, -0.15) is 0 Å². The predicted molar refractivity (Wildman–Crippen MR) is 67.7 cm³/mol. The Hall–Kier alpha value is -1.73. The molecule has 1 aromatic carbocycles. The Kier molecular flexibility index (Phi) is 3.08. The van der Waals surface area contributed by atoms with Crippen molar-refractivity contribution in [3.05, 3.63) is 23.8 Å². The predicted octanol–water partition coefficient (Wildman–Crippen LogP) is 0.518. The van der Waals surface area contributed by atoms with E-state index in [1.54, 1.807) is 0 Å². The molecule has 0 fully saturated rings. The number of hydrogen-bond acceptors (Lipinski definition) is 4. The summed E-state index contributed by atoms with van der Waals surface area (Å²) in [6, 6.07) is 5.68. The van der Waals surface area contributed by atoms with Crippen LogP contribution in [0.5, 0.6) is 5.75 Å². The normalized spacial score (nSPS) is 24.4. The molecule has 7 heteroatoms. The number of rotatable bonds is 2. The monoisotopic (exact) mass is 263 g/mol. The van der Waals surface area contributed by atoms with Crippen molar-refractivity contribution in [3.63, 3.8) is 0 Å². The lowest BCUT2D eigenvalue weighted by molar-refractivity contribution is 0.110. The van der Waals surface area contributed by atoms with E-state index in [9.17, 15) is 4.79 Å². The SMILES string of the molecule is CC1COB2OC(CNC(=O)O)c3cccc(c32)O1. The molecule has 2 aliphatic heterocycles. The summed E-state index contributed by atoms with van der Waals surface area (Å²) < 4.78 is 17.2. The van der Waals surface area contributed by atoms with Crippen molar-refractivity contribution in [2.24, 2.45) is 0 Å². The van der Waals surface area contributed by atoms with Crippen molar-refractivity contribution >= 4 is 18.7 Å². The molecule has 2 aliphatic rings. The van der Waals surface area contributed by atoms with Crippen LogP contribution in [0.15, 0.2) is 18.2 Å². The minimum atomic E-state index is -1.07. The number of ether oxygens (including phenoxy) is 1. The maximum absolute atomic E-state index is 10.6. The van der Waals surface area contributed by atoms with Gasteiger partial charge < -0.3 is 24.5 Å². The first-order chi connectivity index (χ1) is 9.15. The summed E-state index contributed by atoms with van der Waals surface area (Å²) in [5, 5.41) is 11.0. The van der Waals surface area contributed by atoms with Gasteiger partial charge in [0.1, 0.15) is 11.9 Å². The van der Waals surface area contributed by atoms with Gasteiger partial charge in [-0.15, -0.1) is 0 Å². The van der Waals surface area contributed by atoms with E-state index in [0.717, 1.165) is 16.8 Å². The molecular formula is C12H14BNO5. The van der Waals surface area contributed by atoms with Crippen LogP contribution in [0.3, 0.4) is 0 Å². The van der Waals surface area contributed by atoms with Crippen molar-refractivity contribution in [1.82, 2.24) is 5.32 Å². The summed E-state index contributed by atoms with van der Waals surface area (Å²) in [4.78, 5) is 10.6. The highest BCUT2D eigenvalue weighted by Gasteiger charge is 2.42. The summed E-state index contributed by atoms with van der Waals surface area (Å²) >= 11 is 0. The molecule has 0 bridgehead atoms. The minimum absolute atomic E-state index is 0.0312. The van der Waals surface area contributed by atoms with Crippen LogP contribution in [-0.4, -0.2) is 37.6 Å². The van der Waals surface area contributed by atoms with Crippen LogP contribution in [0.25, 0.3) is 0 Å². The van der Waals surface area contributed by atoms with Crippen LogP contribution < -0.4 is 15.5 Å². The first kappa shape index (κ1) is 12.3. The zero-order valence-corrected chi connectivity index (χ0v) is 10.5. The molecule has 0 aliphatic carbocycles. The molecule has 0 spiro atoms. The molecule has 19 heavy (non-hydrogen) atoms. The van der Waals surface area contributed by atoms with Gasteiger partial charge in [-0.3, -0.25) is 0 Å². The molecule has 2 heterocycles. The van der Waals surface area contributed by atoms with E-state index in [1.165, 1.54) is 0 Å². The highest BCUT2D eigenvalue weighted by molar-refractivity contribution is 6.64. The van der Waals surface area contributed by atoms with Crippen molar-refractivity contribution in [2.45, 2.75) is 19.1 Å². The number of benzene rings is 1. The van der Waals surface area contributed by atoms with Crippen LogP contribution in [0, 0.1) is 0 Å². The van der Waals surface area contributed by atoms with Gasteiger partial charge >= 0.3 is 13.2 Å². The van der Waals surface area contributed by atoms with E-state index < -0.39 is 13.2 Å². The van der Waals surface area contributed by atoms with E-state index >= 15 is 0 Å². The lowest BCUT2D eigenvalue weighted by Crippen LogP contribution is -2.32. The van der Waals surface area contributed by atoms with Crippen LogP contribution in [-0.2, 0) is 9.31 Å². The van der Waals surface area contributed by atoms with Crippen molar-refractivity contribution < 1.29 is 23.9 Å². The van der Waals surface area contributed by atoms with Gasteiger partial charge in [0.05, 0.1) is 12.7 Å². The maximum atomic E-state index is 10.6. The topological polar surface area (TPSA) is 77.0 Å². The summed E-state index contributed by atoms with van der Waals surface area (Å²) in [5.74, 6) is 0.755. The molecule has 2 N–H and O–H groups in total. The van der Waals surface area contributed by atoms with Gasteiger partial charge in [-0.25, -0.2) is 4.79 Å². The van der Waals surface area contributed by atoms with E-state index in [4.69, 9.17) is 19.2 Å². The molecular weight excluding hydrogens is 249 g/mol. The molecule has 0 radical (unpaired) electrons. The molecule has 2 unspecified atom stereocenters. The molecule has 6 nitrogen and oxygen atoms in total. The third-order valence-corrected chi connectivity index (χ3v) is 3.22. The number of carbonyl (C=O) groups is 1. The minimum Gasteiger partial charge on any atom is -0.489 e. The van der Waals surface area contributed by atoms with Crippen LogP contribution in [0.2, 0.25) is 0 Å². The second-order valence-corrected chi connectivity index (χ2v) is 4.66. The van der Waals surface area contributed by atoms with E-state index in [1.807, 2.05) is 25.1 Å². The summed E-state index contributed by atoms with van der Waals surface area (Å²) in [7, 11) is -0.475. The Morgan fingerprint density at radius 1 is 1.58 bits per heavy atom. The van der Waals surface area contributed by atoms with Crippen molar-refractivity contribution in [1.29, 1.82) is 0 Å². The molecule has 100 valence electrons. The first-order valence-corrected chi connectivity index (χ1v) is 6.18. The zero-order valence-electron chi connectivity index (χ0n) is 10.5. The van der Waals surface area contributed by atoms with Gasteiger partial charge in [-0.05, 0) is 18.6 Å². The lowest BCUT2D eigenvalue weighted by atomic mass is 9.78. The molecule has 1 amide bonds. The molecule has 0 aromatic heterocycles. The van der Waals surface area contributed by atoms with E-state index in [0.29, 0.717) is 6.61 Å². The molecule has 2 atom stereocenters.